The molecule has 0 saturated heterocycles. The van der Waals surface area contributed by atoms with Crippen LogP contribution in [-0.4, -0.2) is 34.6 Å². The highest BCUT2D eigenvalue weighted by atomic mass is 32.2. The van der Waals surface area contributed by atoms with E-state index in [0.717, 1.165) is 11.8 Å². The van der Waals surface area contributed by atoms with Gasteiger partial charge in [0.1, 0.15) is 0 Å². The number of aromatic nitrogens is 2. The summed E-state index contributed by atoms with van der Waals surface area (Å²) in [5.74, 6) is -0.232. The van der Waals surface area contributed by atoms with Crippen molar-refractivity contribution < 1.29 is 18.7 Å². The van der Waals surface area contributed by atoms with Gasteiger partial charge in [0.25, 0.3) is 5.22 Å². The number of nitrogens with zero attached hydrogens (tertiary/aromatic N) is 2. The quantitative estimate of drug-likeness (QED) is 0.704. The van der Waals surface area contributed by atoms with Gasteiger partial charge in [0, 0.05) is 0 Å². The first-order valence-corrected chi connectivity index (χ1v) is 5.76. The fourth-order valence-electron chi connectivity index (χ4n) is 0.823. The fraction of sp³-hybridized carbons (Fsp3) is 0.500. The lowest BCUT2D eigenvalue weighted by molar-refractivity contribution is -0.117. The van der Waals surface area contributed by atoms with Gasteiger partial charge in [-0.05, 0) is 6.92 Å². The number of carbonyl (C=O) groups excluding carboxylic acids is 2. The van der Waals surface area contributed by atoms with Crippen molar-refractivity contribution in [2.24, 2.45) is 5.73 Å². The molecule has 0 bridgehead atoms. The molecule has 1 heterocycles. The fourth-order valence-corrected chi connectivity index (χ4v) is 1.40. The number of carbonyl (C=O) groups is 2. The third-order valence-corrected chi connectivity index (χ3v) is 2.29. The smallest absolute Gasteiger partial charge is 0.413 e. The van der Waals surface area contributed by atoms with Crippen LogP contribution in [0.4, 0.5) is 4.79 Å². The zero-order chi connectivity index (χ0) is 12.7. The topological polar surface area (TPSA) is 120 Å². The second kappa shape index (κ2) is 6.86. The summed E-state index contributed by atoms with van der Waals surface area (Å²) in [6.07, 6.45) is -0.772. The molecule has 0 aliphatic rings. The summed E-state index contributed by atoms with van der Waals surface area (Å²) in [5.41, 5.74) is 5.27. The van der Waals surface area contributed by atoms with Crippen LogP contribution in [0.15, 0.2) is 9.64 Å². The van der Waals surface area contributed by atoms with E-state index in [1.165, 1.54) is 0 Å². The van der Waals surface area contributed by atoms with Gasteiger partial charge in [-0.3, -0.25) is 10.1 Å². The monoisotopic (exact) mass is 260 g/mol. The number of thioether (sulfide) groups is 1. The Hall–Kier alpha value is -1.61. The van der Waals surface area contributed by atoms with Crippen molar-refractivity contribution in [2.75, 3.05) is 12.4 Å². The average molecular weight is 260 g/mol. The number of rotatable bonds is 5. The highest BCUT2D eigenvalue weighted by molar-refractivity contribution is 7.99. The lowest BCUT2D eigenvalue weighted by atomic mass is 10.7. The van der Waals surface area contributed by atoms with E-state index in [2.05, 4.69) is 14.9 Å². The number of alkyl carbamates (subject to hydrolysis) is 1. The molecule has 3 N–H and O–H groups in total. The van der Waals surface area contributed by atoms with E-state index in [-0.39, 0.29) is 24.1 Å². The largest absolute Gasteiger partial charge is 0.450 e. The molecule has 0 radical (unpaired) electrons. The number of nitrogens with two attached hydrogens (primary N) is 1. The molecule has 1 aromatic rings. The highest BCUT2D eigenvalue weighted by Gasteiger charge is 2.11. The SMILES string of the molecule is CCOC(=O)NC(=O)CSc1nnc(CN)o1. The second-order valence-electron chi connectivity index (χ2n) is 2.72. The minimum atomic E-state index is -0.772. The maximum Gasteiger partial charge on any atom is 0.413 e. The first-order valence-electron chi connectivity index (χ1n) is 4.77. The molecule has 0 aliphatic carbocycles. The van der Waals surface area contributed by atoms with E-state index in [4.69, 9.17) is 10.2 Å². The Morgan fingerprint density at radius 1 is 1.53 bits per heavy atom. The molecule has 9 heteroatoms. The van der Waals surface area contributed by atoms with Crippen LogP contribution in [0.2, 0.25) is 0 Å². The number of hydrogen-bond acceptors (Lipinski definition) is 8. The summed E-state index contributed by atoms with van der Waals surface area (Å²) in [4.78, 5) is 22.1. The van der Waals surface area contributed by atoms with Crippen molar-refractivity contribution in [3.8, 4) is 0 Å². The molecule has 0 atom stereocenters. The first-order chi connectivity index (χ1) is 8.15. The Labute approximate surface area is 101 Å². The Morgan fingerprint density at radius 3 is 2.88 bits per heavy atom. The van der Waals surface area contributed by atoms with Crippen molar-refractivity contribution in [1.29, 1.82) is 0 Å². The standard InChI is InChI=1S/C8H12N4O4S/c1-2-15-7(14)10-5(13)4-17-8-12-11-6(3-9)16-8/h2-4,9H2,1H3,(H,10,13,14). The normalized spacial score (nSPS) is 10.0. The van der Waals surface area contributed by atoms with Crippen molar-refractivity contribution >= 4 is 23.8 Å². The van der Waals surface area contributed by atoms with Crippen LogP contribution in [0.25, 0.3) is 0 Å². The number of ether oxygens (including phenoxy) is 1. The van der Waals surface area contributed by atoms with E-state index in [1.807, 2.05) is 5.32 Å². The summed E-state index contributed by atoms with van der Waals surface area (Å²) in [5, 5.41) is 9.52. The van der Waals surface area contributed by atoms with Crippen LogP contribution < -0.4 is 11.1 Å². The average Bonchev–Trinajstić information content (AvgIpc) is 2.74. The molecular weight excluding hydrogens is 248 g/mol. The molecule has 1 rings (SSSR count). The Morgan fingerprint density at radius 2 is 2.29 bits per heavy atom. The van der Waals surface area contributed by atoms with Gasteiger partial charge >= 0.3 is 6.09 Å². The molecule has 0 fully saturated rings. The first kappa shape index (κ1) is 13.5. The maximum absolute atomic E-state index is 11.2. The molecule has 0 spiro atoms. The zero-order valence-electron chi connectivity index (χ0n) is 9.13. The van der Waals surface area contributed by atoms with Gasteiger partial charge in [0.15, 0.2) is 0 Å². The van der Waals surface area contributed by atoms with Crippen molar-refractivity contribution in [3.05, 3.63) is 5.89 Å². The third kappa shape index (κ3) is 4.83. The molecule has 0 aromatic carbocycles. The maximum atomic E-state index is 11.2. The summed E-state index contributed by atoms with van der Waals surface area (Å²) < 4.78 is 9.59. The van der Waals surface area contributed by atoms with E-state index < -0.39 is 12.0 Å². The molecule has 94 valence electrons. The Bertz CT molecular complexity index is 395. The molecular formula is C8H12N4O4S. The molecule has 0 aliphatic heterocycles. The molecule has 0 unspecified atom stereocenters. The Kier molecular flexibility index (Phi) is 5.43. The number of nitrogens with one attached hydrogen (secondary N) is 1. The lowest BCUT2D eigenvalue weighted by Gasteiger charge is -2.02. The van der Waals surface area contributed by atoms with Crippen LogP contribution in [0.5, 0.6) is 0 Å². The Balaban J connectivity index is 2.30. The number of imide groups is 1. The number of hydrogen-bond donors (Lipinski definition) is 2. The summed E-state index contributed by atoms with van der Waals surface area (Å²) in [7, 11) is 0. The van der Waals surface area contributed by atoms with Gasteiger partial charge in [0.05, 0.1) is 18.9 Å². The van der Waals surface area contributed by atoms with Gasteiger partial charge < -0.3 is 14.9 Å². The summed E-state index contributed by atoms with van der Waals surface area (Å²) in [6, 6.07) is 0. The van der Waals surface area contributed by atoms with Crippen LogP contribution in [0.3, 0.4) is 0 Å². The molecule has 2 amide bonds. The van der Waals surface area contributed by atoms with Gasteiger partial charge in [-0.1, -0.05) is 11.8 Å². The highest BCUT2D eigenvalue weighted by Crippen LogP contribution is 2.15. The van der Waals surface area contributed by atoms with E-state index in [1.54, 1.807) is 6.92 Å². The molecule has 8 nitrogen and oxygen atoms in total. The third-order valence-electron chi connectivity index (χ3n) is 1.47. The zero-order valence-corrected chi connectivity index (χ0v) is 9.95. The van der Waals surface area contributed by atoms with Gasteiger partial charge in [0.2, 0.25) is 11.8 Å². The van der Waals surface area contributed by atoms with Crippen molar-refractivity contribution in [3.63, 3.8) is 0 Å². The summed E-state index contributed by atoms with van der Waals surface area (Å²) in [6.45, 7) is 1.99. The molecule has 1 aromatic heterocycles. The van der Waals surface area contributed by atoms with Crippen molar-refractivity contribution in [2.45, 2.75) is 18.7 Å². The van der Waals surface area contributed by atoms with Crippen LogP contribution in [-0.2, 0) is 16.1 Å². The van der Waals surface area contributed by atoms with Crippen LogP contribution in [0, 0.1) is 0 Å². The van der Waals surface area contributed by atoms with Crippen molar-refractivity contribution in [1.82, 2.24) is 15.5 Å². The second-order valence-corrected chi connectivity index (χ2v) is 3.65. The number of amides is 2. The predicted octanol–water partition coefficient (Wildman–Crippen LogP) is -0.107. The van der Waals surface area contributed by atoms with Gasteiger partial charge in [-0.2, -0.15) is 0 Å². The summed E-state index contributed by atoms with van der Waals surface area (Å²) >= 11 is 1.01. The molecule has 17 heavy (non-hydrogen) atoms. The van der Waals surface area contributed by atoms with Crippen LogP contribution >= 0.6 is 11.8 Å². The molecule has 0 saturated carbocycles. The van der Waals surface area contributed by atoms with Gasteiger partial charge in [-0.25, -0.2) is 4.79 Å². The minimum absolute atomic E-state index is 0.0228. The predicted molar refractivity (Wildman–Crippen MR) is 58.1 cm³/mol. The van der Waals surface area contributed by atoms with Crippen LogP contribution in [0.1, 0.15) is 12.8 Å². The minimum Gasteiger partial charge on any atom is -0.450 e. The lowest BCUT2D eigenvalue weighted by Crippen LogP contribution is -2.32. The van der Waals surface area contributed by atoms with E-state index in [0.29, 0.717) is 5.89 Å². The van der Waals surface area contributed by atoms with E-state index in [9.17, 15) is 9.59 Å². The van der Waals surface area contributed by atoms with E-state index >= 15 is 0 Å². The van der Waals surface area contributed by atoms with Gasteiger partial charge in [-0.15, -0.1) is 10.2 Å².